The van der Waals surface area contributed by atoms with Crippen LogP contribution in [0.1, 0.15) is 40.9 Å². The normalized spacial score (nSPS) is 19.7. The molecule has 0 aliphatic carbocycles. The zero-order chi connectivity index (χ0) is 26.5. The van der Waals surface area contributed by atoms with Crippen molar-refractivity contribution in [2.24, 2.45) is 0 Å². The number of carbonyl (C=O) groups excluding carboxylic acids is 1. The van der Waals surface area contributed by atoms with Crippen molar-refractivity contribution < 1.29 is 4.79 Å². The molecule has 2 aliphatic rings. The van der Waals surface area contributed by atoms with Crippen LogP contribution in [0.2, 0.25) is 5.02 Å². The van der Waals surface area contributed by atoms with Gasteiger partial charge in [0, 0.05) is 28.7 Å². The van der Waals surface area contributed by atoms with Crippen molar-refractivity contribution >= 4 is 34.5 Å². The highest BCUT2D eigenvalue weighted by Gasteiger charge is 2.61. The maximum Gasteiger partial charge on any atom is 0.260 e. The number of halogens is 1. The predicted molar refractivity (Wildman–Crippen MR) is 157 cm³/mol. The standard InChI is InChI=1S/C34H29ClN2O/c1-33(2)29-22-28(35)19-20-30(29)36(3)34(33)23-27(24-13-7-4-8-14-24)21-31(25-15-9-5-10-16-25)37(34)32(38)26-17-11-6-12-18-26/h4-23H,1-3H3. The molecule has 1 atom stereocenters. The topological polar surface area (TPSA) is 23.6 Å². The molecular weight excluding hydrogens is 488 g/mol. The molecule has 38 heavy (non-hydrogen) atoms. The number of fused-ring (bicyclic) bond motifs is 1. The SMILES string of the molecule is CN1c2ccc(Cl)cc2C(C)(C)C12C=C(c1ccccc1)C=C(c1ccccc1)N2C(=O)c1ccccc1. The summed E-state index contributed by atoms with van der Waals surface area (Å²) in [6.45, 7) is 4.42. The number of likely N-dealkylation sites (N-methyl/N-ethyl adjacent to an activating group) is 1. The Morgan fingerprint density at radius 3 is 1.97 bits per heavy atom. The highest BCUT2D eigenvalue weighted by Crippen LogP contribution is 2.58. The summed E-state index contributed by atoms with van der Waals surface area (Å²) in [5.74, 6) is -0.0529. The van der Waals surface area contributed by atoms with E-state index in [0.29, 0.717) is 10.6 Å². The quantitative estimate of drug-likeness (QED) is 0.275. The van der Waals surface area contributed by atoms with E-state index in [9.17, 15) is 4.79 Å². The number of amides is 1. The van der Waals surface area contributed by atoms with E-state index < -0.39 is 11.1 Å². The van der Waals surface area contributed by atoms with Crippen molar-refractivity contribution in [1.82, 2.24) is 4.90 Å². The molecule has 1 amide bonds. The van der Waals surface area contributed by atoms with Crippen LogP contribution >= 0.6 is 11.6 Å². The lowest BCUT2D eigenvalue weighted by Crippen LogP contribution is -2.66. The average molecular weight is 517 g/mol. The molecular formula is C34H29ClN2O. The van der Waals surface area contributed by atoms with Crippen molar-refractivity contribution in [2.45, 2.75) is 24.9 Å². The van der Waals surface area contributed by atoms with E-state index in [0.717, 1.165) is 33.6 Å². The maximum absolute atomic E-state index is 14.6. The molecule has 0 fully saturated rings. The van der Waals surface area contributed by atoms with Gasteiger partial charge >= 0.3 is 0 Å². The molecule has 2 heterocycles. The zero-order valence-electron chi connectivity index (χ0n) is 21.7. The second-order valence-electron chi connectivity index (χ2n) is 10.4. The minimum absolute atomic E-state index is 0.0529. The highest BCUT2D eigenvalue weighted by atomic mass is 35.5. The number of allylic oxidation sites excluding steroid dienone is 2. The summed E-state index contributed by atoms with van der Waals surface area (Å²) in [6.07, 6.45) is 4.42. The first kappa shape index (κ1) is 24.3. The molecule has 4 aromatic rings. The first-order valence-electron chi connectivity index (χ1n) is 12.8. The minimum Gasteiger partial charge on any atom is -0.347 e. The van der Waals surface area contributed by atoms with Crippen LogP contribution in [0.5, 0.6) is 0 Å². The summed E-state index contributed by atoms with van der Waals surface area (Å²) < 4.78 is 0. The van der Waals surface area contributed by atoms with Crippen LogP contribution in [0.4, 0.5) is 5.69 Å². The molecule has 0 aromatic heterocycles. The smallest absolute Gasteiger partial charge is 0.260 e. The molecule has 0 bridgehead atoms. The van der Waals surface area contributed by atoms with E-state index in [1.54, 1.807) is 0 Å². The first-order valence-corrected chi connectivity index (χ1v) is 13.2. The molecule has 0 saturated carbocycles. The largest absolute Gasteiger partial charge is 0.347 e. The number of hydrogen-bond donors (Lipinski definition) is 0. The third-order valence-electron chi connectivity index (χ3n) is 8.06. The first-order chi connectivity index (χ1) is 18.3. The number of nitrogens with zero attached hydrogens (tertiary/aromatic N) is 2. The average Bonchev–Trinajstić information content (AvgIpc) is 3.11. The second-order valence-corrected chi connectivity index (χ2v) is 10.9. The Morgan fingerprint density at radius 1 is 0.763 bits per heavy atom. The van der Waals surface area contributed by atoms with Gasteiger partial charge < -0.3 is 4.90 Å². The van der Waals surface area contributed by atoms with Gasteiger partial charge in [0.25, 0.3) is 5.91 Å². The van der Waals surface area contributed by atoms with Gasteiger partial charge in [-0.2, -0.15) is 0 Å². The van der Waals surface area contributed by atoms with Gasteiger partial charge in [-0.3, -0.25) is 9.69 Å². The fourth-order valence-electron chi connectivity index (χ4n) is 6.12. The van der Waals surface area contributed by atoms with Crippen LogP contribution in [0, 0.1) is 0 Å². The van der Waals surface area contributed by atoms with Gasteiger partial charge in [0.2, 0.25) is 0 Å². The zero-order valence-corrected chi connectivity index (χ0v) is 22.5. The van der Waals surface area contributed by atoms with Crippen LogP contribution in [0.3, 0.4) is 0 Å². The number of rotatable bonds is 3. The summed E-state index contributed by atoms with van der Waals surface area (Å²) in [6, 6.07) is 36.2. The van der Waals surface area contributed by atoms with Crippen LogP contribution in [-0.2, 0) is 5.41 Å². The second kappa shape index (κ2) is 9.04. The summed E-state index contributed by atoms with van der Waals surface area (Å²) >= 11 is 6.54. The van der Waals surface area contributed by atoms with Gasteiger partial charge in [0.1, 0.15) is 5.66 Å². The van der Waals surface area contributed by atoms with Crippen LogP contribution in [0.25, 0.3) is 11.3 Å². The Balaban J connectivity index is 1.69. The van der Waals surface area contributed by atoms with Gasteiger partial charge in [-0.25, -0.2) is 0 Å². The van der Waals surface area contributed by atoms with E-state index >= 15 is 0 Å². The molecule has 4 heteroatoms. The minimum atomic E-state index is -0.849. The van der Waals surface area contributed by atoms with Gasteiger partial charge in [0.15, 0.2) is 0 Å². The molecule has 0 saturated heterocycles. The molecule has 2 aliphatic heterocycles. The summed E-state index contributed by atoms with van der Waals surface area (Å²) in [7, 11) is 2.08. The Bertz CT molecular complexity index is 1580. The van der Waals surface area contributed by atoms with Crippen LogP contribution < -0.4 is 4.90 Å². The predicted octanol–water partition coefficient (Wildman–Crippen LogP) is 8.04. The van der Waals surface area contributed by atoms with Gasteiger partial charge in [-0.1, -0.05) is 104 Å². The van der Waals surface area contributed by atoms with E-state index in [1.807, 2.05) is 71.6 Å². The molecule has 0 radical (unpaired) electrons. The third kappa shape index (κ3) is 3.53. The number of anilines is 1. The van der Waals surface area contributed by atoms with Crippen LogP contribution in [-0.4, -0.2) is 23.5 Å². The lowest BCUT2D eigenvalue weighted by Gasteiger charge is -2.54. The van der Waals surface area contributed by atoms with Gasteiger partial charge in [-0.05, 0) is 64.7 Å². The van der Waals surface area contributed by atoms with E-state index in [-0.39, 0.29) is 5.91 Å². The van der Waals surface area contributed by atoms with Crippen molar-refractivity contribution in [3.8, 4) is 0 Å². The Labute approximate surface area is 229 Å². The molecule has 6 rings (SSSR count). The molecule has 1 spiro atoms. The third-order valence-corrected chi connectivity index (χ3v) is 8.29. The Hall–Kier alpha value is -4.08. The Kier molecular flexibility index (Phi) is 5.77. The van der Waals surface area contributed by atoms with Crippen LogP contribution in [0.15, 0.2) is 121 Å². The van der Waals surface area contributed by atoms with Crippen molar-refractivity contribution in [3.63, 3.8) is 0 Å². The lowest BCUT2D eigenvalue weighted by molar-refractivity contribution is 0.0627. The fraction of sp³-hybridized carbons (Fsp3) is 0.147. The monoisotopic (exact) mass is 516 g/mol. The van der Waals surface area contributed by atoms with Crippen molar-refractivity contribution in [1.29, 1.82) is 0 Å². The van der Waals surface area contributed by atoms with Crippen molar-refractivity contribution in [2.75, 3.05) is 11.9 Å². The molecule has 3 nitrogen and oxygen atoms in total. The van der Waals surface area contributed by atoms with E-state index in [2.05, 4.69) is 80.4 Å². The summed E-state index contributed by atoms with van der Waals surface area (Å²) in [5, 5.41) is 0.685. The van der Waals surface area contributed by atoms with Gasteiger partial charge in [-0.15, -0.1) is 0 Å². The number of carbonyl (C=O) groups is 1. The molecule has 1 unspecified atom stereocenters. The summed E-state index contributed by atoms with van der Waals surface area (Å²) in [4.78, 5) is 18.9. The van der Waals surface area contributed by atoms with Crippen molar-refractivity contribution in [3.05, 3.63) is 149 Å². The number of hydrogen-bond acceptors (Lipinski definition) is 2. The fourth-order valence-corrected chi connectivity index (χ4v) is 6.29. The Morgan fingerprint density at radius 2 is 1.34 bits per heavy atom. The maximum atomic E-state index is 14.6. The molecule has 4 aromatic carbocycles. The van der Waals surface area contributed by atoms with E-state index in [4.69, 9.17) is 11.6 Å². The van der Waals surface area contributed by atoms with E-state index in [1.165, 1.54) is 0 Å². The van der Waals surface area contributed by atoms with Gasteiger partial charge in [0.05, 0.1) is 5.70 Å². The number of benzene rings is 4. The molecule has 0 N–H and O–H groups in total. The molecule has 188 valence electrons. The lowest BCUT2D eigenvalue weighted by atomic mass is 9.71. The summed E-state index contributed by atoms with van der Waals surface area (Å²) in [5.41, 5.74) is 5.46. The highest BCUT2D eigenvalue weighted by molar-refractivity contribution is 6.30.